The summed E-state index contributed by atoms with van der Waals surface area (Å²) in [5.74, 6) is 1.68. The second-order valence-electron chi connectivity index (χ2n) is 5.68. The Bertz CT molecular complexity index is 552. The van der Waals surface area contributed by atoms with Gasteiger partial charge in [0.15, 0.2) is 0 Å². The second-order valence-corrected chi connectivity index (χ2v) is 5.68. The molecule has 2 aromatic rings. The van der Waals surface area contributed by atoms with Gasteiger partial charge in [-0.2, -0.15) is 5.10 Å². The van der Waals surface area contributed by atoms with Gasteiger partial charge in [-0.3, -0.25) is 14.5 Å². The number of likely N-dealkylation sites (tertiary alicyclic amines) is 1. The van der Waals surface area contributed by atoms with Crippen molar-refractivity contribution in [2.45, 2.75) is 32.5 Å². The van der Waals surface area contributed by atoms with E-state index < -0.39 is 0 Å². The molecular formula is C14H22N6O. The summed E-state index contributed by atoms with van der Waals surface area (Å²) in [4.78, 5) is 13.1. The molecule has 0 aromatic carbocycles. The predicted molar refractivity (Wildman–Crippen MR) is 77.6 cm³/mol. The maximum Gasteiger partial charge on any atom is 0.208 e. The van der Waals surface area contributed by atoms with Gasteiger partial charge in [0.2, 0.25) is 5.89 Å². The first-order valence-electron chi connectivity index (χ1n) is 7.37. The summed E-state index contributed by atoms with van der Waals surface area (Å²) in [6.45, 7) is 6.84. The molecule has 21 heavy (non-hydrogen) atoms. The monoisotopic (exact) mass is 290 g/mol. The molecule has 0 saturated carbocycles. The van der Waals surface area contributed by atoms with Gasteiger partial charge in [-0.15, -0.1) is 0 Å². The topological polar surface area (TPSA) is 63.2 Å². The Balaban J connectivity index is 1.45. The molecule has 0 radical (unpaired) electrons. The first-order chi connectivity index (χ1) is 10.2. The fourth-order valence-corrected chi connectivity index (χ4v) is 2.78. The average molecular weight is 290 g/mol. The third-order valence-corrected chi connectivity index (χ3v) is 4.04. The van der Waals surface area contributed by atoms with Crippen LogP contribution in [0.4, 0.5) is 0 Å². The molecule has 114 valence electrons. The van der Waals surface area contributed by atoms with Gasteiger partial charge in [0.1, 0.15) is 18.4 Å². The Morgan fingerprint density at radius 1 is 1.43 bits per heavy atom. The van der Waals surface area contributed by atoms with Crippen molar-refractivity contribution in [1.29, 1.82) is 0 Å². The molecular weight excluding hydrogens is 268 g/mol. The third kappa shape index (κ3) is 3.68. The van der Waals surface area contributed by atoms with Crippen LogP contribution in [0.5, 0.6) is 0 Å². The molecule has 0 spiro atoms. The molecule has 7 nitrogen and oxygen atoms in total. The van der Waals surface area contributed by atoms with E-state index in [9.17, 15) is 0 Å². The SMILES string of the molecule is Cc1cnc(CN(C)C2CCN(CCn3cncn3)C2)o1. The highest BCUT2D eigenvalue weighted by molar-refractivity contribution is 4.92. The van der Waals surface area contributed by atoms with E-state index >= 15 is 0 Å². The number of nitrogens with zero attached hydrogens (tertiary/aromatic N) is 6. The van der Waals surface area contributed by atoms with E-state index in [4.69, 9.17) is 4.42 Å². The lowest BCUT2D eigenvalue weighted by Gasteiger charge is -2.23. The Hall–Kier alpha value is -1.73. The van der Waals surface area contributed by atoms with Crippen LogP contribution in [-0.2, 0) is 13.1 Å². The van der Waals surface area contributed by atoms with Crippen molar-refractivity contribution in [3.8, 4) is 0 Å². The van der Waals surface area contributed by atoms with Crippen molar-refractivity contribution in [1.82, 2.24) is 29.5 Å². The van der Waals surface area contributed by atoms with E-state index in [1.807, 2.05) is 11.6 Å². The van der Waals surface area contributed by atoms with Crippen LogP contribution in [0.1, 0.15) is 18.1 Å². The van der Waals surface area contributed by atoms with Crippen molar-refractivity contribution in [2.24, 2.45) is 0 Å². The molecule has 3 rings (SSSR count). The predicted octanol–water partition coefficient (Wildman–Crippen LogP) is 0.781. The number of rotatable bonds is 6. The molecule has 2 aromatic heterocycles. The first kappa shape index (κ1) is 14.2. The minimum absolute atomic E-state index is 0.563. The van der Waals surface area contributed by atoms with E-state index in [-0.39, 0.29) is 0 Å². The molecule has 1 saturated heterocycles. The molecule has 1 aliphatic heterocycles. The molecule has 3 heterocycles. The molecule has 7 heteroatoms. The maximum atomic E-state index is 5.55. The Morgan fingerprint density at radius 3 is 3.05 bits per heavy atom. The molecule has 0 bridgehead atoms. The van der Waals surface area contributed by atoms with Crippen LogP contribution in [0.25, 0.3) is 0 Å². The van der Waals surface area contributed by atoms with E-state index in [1.54, 1.807) is 18.9 Å². The van der Waals surface area contributed by atoms with Crippen molar-refractivity contribution in [3.63, 3.8) is 0 Å². The molecule has 1 unspecified atom stereocenters. The van der Waals surface area contributed by atoms with Crippen LogP contribution < -0.4 is 0 Å². The van der Waals surface area contributed by atoms with Gasteiger partial charge in [0, 0.05) is 19.1 Å². The Morgan fingerprint density at radius 2 is 2.33 bits per heavy atom. The highest BCUT2D eigenvalue weighted by atomic mass is 16.4. The second kappa shape index (κ2) is 6.36. The lowest BCUT2D eigenvalue weighted by molar-refractivity contribution is 0.204. The molecule has 1 atom stereocenters. The molecule has 0 amide bonds. The molecule has 1 fully saturated rings. The van der Waals surface area contributed by atoms with Crippen molar-refractivity contribution >= 4 is 0 Å². The standard InChI is InChI=1S/C14H22N6O/c1-12-7-16-14(21-12)9-18(2)13-3-4-19(8-13)5-6-20-11-15-10-17-20/h7,10-11,13H,3-6,8-9H2,1-2H3. The third-order valence-electron chi connectivity index (χ3n) is 4.04. The summed E-state index contributed by atoms with van der Waals surface area (Å²) in [5, 5.41) is 4.14. The van der Waals surface area contributed by atoms with E-state index in [2.05, 4.69) is 31.9 Å². The smallest absolute Gasteiger partial charge is 0.208 e. The van der Waals surface area contributed by atoms with E-state index in [0.717, 1.165) is 44.4 Å². The van der Waals surface area contributed by atoms with Crippen molar-refractivity contribution in [3.05, 3.63) is 30.5 Å². The number of oxazole rings is 1. The number of hydrogen-bond acceptors (Lipinski definition) is 6. The summed E-state index contributed by atoms with van der Waals surface area (Å²) in [6, 6.07) is 0.563. The first-order valence-corrected chi connectivity index (χ1v) is 7.37. The van der Waals surface area contributed by atoms with Crippen molar-refractivity contribution < 1.29 is 4.42 Å². The highest BCUT2D eigenvalue weighted by Gasteiger charge is 2.26. The van der Waals surface area contributed by atoms with Crippen LogP contribution >= 0.6 is 0 Å². The van der Waals surface area contributed by atoms with Crippen LogP contribution in [0.3, 0.4) is 0 Å². The largest absolute Gasteiger partial charge is 0.445 e. The summed E-state index contributed by atoms with van der Waals surface area (Å²) >= 11 is 0. The minimum Gasteiger partial charge on any atom is -0.445 e. The molecule has 1 aliphatic rings. The van der Waals surface area contributed by atoms with Gasteiger partial charge in [0.05, 0.1) is 19.3 Å². The number of hydrogen-bond donors (Lipinski definition) is 0. The van der Waals surface area contributed by atoms with Gasteiger partial charge in [-0.1, -0.05) is 0 Å². The maximum absolute atomic E-state index is 5.55. The zero-order chi connectivity index (χ0) is 14.7. The summed E-state index contributed by atoms with van der Waals surface area (Å²) < 4.78 is 7.43. The summed E-state index contributed by atoms with van der Waals surface area (Å²) in [6.07, 6.45) is 6.32. The highest BCUT2D eigenvalue weighted by Crippen LogP contribution is 2.16. The number of aromatic nitrogens is 4. The normalized spacial score (nSPS) is 19.7. The molecule has 0 N–H and O–H groups in total. The van der Waals surface area contributed by atoms with Crippen LogP contribution in [0.2, 0.25) is 0 Å². The Kier molecular flexibility index (Phi) is 4.31. The van der Waals surface area contributed by atoms with Crippen LogP contribution in [-0.4, -0.2) is 62.3 Å². The zero-order valence-corrected chi connectivity index (χ0v) is 12.6. The van der Waals surface area contributed by atoms with Gasteiger partial charge < -0.3 is 4.42 Å². The number of aryl methyl sites for hydroxylation is 1. The van der Waals surface area contributed by atoms with Gasteiger partial charge in [0.25, 0.3) is 0 Å². The fraction of sp³-hybridized carbons (Fsp3) is 0.643. The van der Waals surface area contributed by atoms with Crippen LogP contribution in [0, 0.1) is 6.92 Å². The zero-order valence-electron chi connectivity index (χ0n) is 12.6. The Labute approximate surface area is 124 Å². The quantitative estimate of drug-likeness (QED) is 0.783. The minimum atomic E-state index is 0.563. The van der Waals surface area contributed by atoms with E-state index in [0.29, 0.717) is 6.04 Å². The van der Waals surface area contributed by atoms with Gasteiger partial charge in [-0.25, -0.2) is 9.97 Å². The fourth-order valence-electron chi connectivity index (χ4n) is 2.78. The van der Waals surface area contributed by atoms with Crippen LogP contribution in [0.15, 0.2) is 23.3 Å². The molecule has 0 aliphatic carbocycles. The summed E-state index contributed by atoms with van der Waals surface area (Å²) in [5.41, 5.74) is 0. The lowest BCUT2D eigenvalue weighted by Crippen LogP contribution is -2.35. The van der Waals surface area contributed by atoms with Gasteiger partial charge >= 0.3 is 0 Å². The number of likely N-dealkylation sites (N-methyl/N-ethyl adjacent to an activating group) is 1. The summed E-state index contributed by atoms with van der Waals surface area (Å²) in [7, 11) is 2.14. The lowest BCUT2D eigenvalue weighted by atomic mass is 10.2. The van der Waals surface area contributed by atoms with Crippen molar-refractivity contribution in [2.75, 3.05) is 26.7 Å². The van der Waals surface area contributed by atoms with Gasteiger partial charge in [-0.05, 0) is 26.9 Å². The van der Waals surface area contributed by atoms with E-state index in [1.165, 1.54) is 6.42 Å². The average Bonchev–Trinajstić information content (AvgIpc) is 3.17.